The molecule has 27 heavy (non-hydrogen) atoms. The largest absolute Gasteiger partial charge is 0.346 e. The monoisotopic (exact) mass is 394 g/mol. The molecule has 3 aromatic carbocycles. The summed E-state index contributed by atoms with van der Waals surface area (Å²) in [5.74, 6) is 0.522. The van der Waals surface area contributed by atoms with Gasteiger partial charge in [0, 0.05) is 20.8 Å². The van der Waals surface area contributed by atoms with Gasteiger partial charge in [-0.25, -0.2) is 0 Å². The lowest BCUT2D eigenvalue weighted by Gasteiger charge is -2.31. The molecule has 0 fully saturated rings. The van der Waals surface area contributed by atoms with Gasteiger partial charge in [0.15, 0.2) is 0 Å². The number of rotatable bonds is 8. The van der Waals surface area contributed by atoms with Crippen molar-refractivity contribution in [1.29, 1.82) is 0 Å². The quantitative estimate of drug-likeness (QED) is 0.330. The summed E-state index contributed by atoms with van der Waals surface area (Å²) in [7, 11) is -0.835. The van der Waals surface area contributed by atoms with Crippen molar-refractivity contribution < 1.29 is 4.52 Å². The number of hydrogen-bond acceptors (Lipinski definition) is 2. The maximum Gasteiger partial charge on any atom is 0.0922 e. The zero-order valence-corrected chi connectivity index (χ0v) is 17.9. The van der Waals surface area contributed by atoms with E-state index in [1.165, 1.54) is 15.5 Å². The smallest absolute Gasteiger partial charge is 0.0922 e. The van der Waals surface area contributed by atoms with Crippen molar-refractivity contribution in [3.8, 4) is 0 Å². The van der Waals surface area contributed by atoms with E-state index in [0.29, 0.717) is 11.2 Å². The minimum Gasteiger partial charge on any atom is -0.346 e. The first-order valence-electron chi connectivity index (χ1n) is 9.44. The van der Waals surface area contributed by atoms with E-state index < -0.39 is 8.15 Å². The van der Waals surface area contributed by atoms with Gasteiger partial charge < -0.3 is 4.52 Å². The molecule has 3 rings (SSSR count). The van der Waals surface area contributed by atoms with Crippen molar-refractivity contribution in [1.82, 2.24) is 0 Å². The summed E-state index contributed by atoms with van der Waals surface area (Å²) in [6.45, 7) is 6.79. The van der Waals surface area contributed by atoms with Crippen LogP contribution in [0.1, 0.15) is 20.8 Å². The predicted octanol–water partition coefficient (Wildman–Crippen LogP) is 6.26. The lowest BCUT2D eigenvalue weighted by Crippen LogP contribution is -2.29. The Morgan fingerprint density at radius 1 is 0.667 bits per heavy atom. The summed E-state index contributed by atoms with van der Waals surface area (Å²) in [6.07, 6.45) is 0.140. The molecule has 0 aliphatic heterocycles. The lowest BCUT2D eigenvalue weighted by atomic mass is 10.1. The molecule has 0 aliphatic carbocycles. The molecule has 0 amide bonds. The first kappa shape index (κ1) is 20.1. The first-order valence-corrected chi connectivity index (χ1v) is 11.6. The van der Waals surface area contributed by atoms with Crippen LogP contribution in [0.4, 0.5) is 0 Å². The van der Waals surface area contributed by atoms with Crippen LogP contribution in [0.15, 0.2) is 95.9 Å². The van der Waals surface area contributed by atoms with Gasteiger partial charge in [0.1, 0.15) is 0 Å². The van der Waals surface area contributed by atoms with Crippen LogP contribution in [0.3, 0.4) is 0 Å². The molecule has 0 N–H and O–H groups in total. The normalized spacial score (nSPS) is 13.7. The molecule has 0 spiro atoms. The van der Waals surface area contributed by atoms with Gasteiger partial charge in [-0.05, 0) is 25.0 Å². The highest BCUT2D eigenvalue weighted by molar-refractivity contribution is 8.00. The molecule has 1 nitrogen and oxygen atoms in total. The Kier molecular flexibility index (Phi) is 7.52. The van der Waals surface area contributed by atoms with E-state index in [1.54, 1.807) is 0 Å². The maximum absolute atomic E-state index is 6.76. The van der Waals surface area contributed by atoms with Crippen LogP contribution in [0.2, 0.25) is 0 Å². The molecule has 0 aromatic heterocycles. The zero-order valence-electron chi connectivity index (χ0n) is 16.2. The summed E-state index contributed by atoms with van der Waals surface area (Å²) in [4.78, 5) is 1.30. The fraction of sp³-hybridized carbons (Fsp3) is 0.250. The van der Waals surface area contributed by atoms with Crippen molar-refractivity contribution in [2.45, 2.75) is 37.0 Å². The van der Waals surface area contributed by atoms with E-state index in [-0.39, 0.29) is 6.10 Å². The van der Waals surface area contributed by atoms with E-state index in [1.807, 2.05) is 11.8 Å². The van der Waals surface area contributed by atoms with Gasteiger partial charge in [-0.2, -0.15) is 0 Å². The third-order valence-corrected chi connectivity index (χ3v) is 8.21. The number of benzene rings is 3. The van der Waals surface area contributed by atoms with Crippen LogP contribution in [-0.2, 0) is 4.52 Å². The molecule has 0 radical (unpaired) electrons. The Labute approximate surface area is 169 Å². The molecule has 0 unspecified atom stereocenters. The molecule has 0 saturated heterocycles. The van der Waals surface area contributed by atoms with E-state index in [9.17, 15) is 0 Å². The second-order valence-corrected chi connectivity index (χ2v) is 10.00. The van der Waals surface area contributed by atoms with Crippen LogP contribution in [0, 0.1) is 5.92 Å². The SMILES string of the molecule is CC(C)[C@@H](Sc1ccccc1)[C@@H](C)OP(c1ccccc1)c1ccccc1. The van der Waals surface area contributed by atoms with Crippen molar-refractivity contribution in [2.24, 2.45) is 5.92 Å². The standard InChI is InChI=1S/C24H27OPS/c1-19(2)24(27-23-17-11-6-12-18-23)20(3)25-26(21-13-7-4-8-14-21)22-15-9-5-10-16-22/h4-20,24H,1-3H3/t20-,24-/m1/s1. The van der Waals surface area contributed by atoms with Crippen molar-refractivity contribution >= 4 is 30.5 Å². The third-order valence-electron chi connectivity index (χ3n) is 4.39. The molecule has 0 heterocycles. The Morgan fingerprint density at radius 3 is 1.56 bits per heavy atom. The van der Waals surface area contributed by atoms with Gasteiger partial charge in [0.25, 0.3) is 0 Å². The van der Waals surface area contributed by atoms with E-state index in [4.69, 9.17) is 4.52 Å². The number of hydrogen-bond donors (Lipinski definition) is 0. The summed E-state index contributed by atoms with van der Waals surface area (Å²) in [5, 5.41) is 2.92. The molecule has 0 saturated carbocycles. The molecular formula is C24H27OPS. The highest BCUT2D eigenvalue weighted by Crippen LogP contribution is 2.41. The van der Waals surface area contributed by atoms with Crippen LogP contribution in [0.25, 0.3) is 0 Å². The van der Waals surface area contributed by atoms with E-state index >= 15 is 0 Å². The fourth-order valence-corrected chi connectivity index (χ4v) is 6.18. The molecular weight excluding hydrogens is 367 g/mol. The van der Waals surface area contributed by atoms with Crippen LogP contribution in [0.5, 0.6) is 0 Å². The molecule has 3 aromatic rings. The van der Waals surface area contributed by atoms with Gasteiger partial charge in [-0.1, -0.05) is 92.7 Å². The second kappa shape index (κ2) is 10.1. The molecule has 0 aliphatic rings. The van der Waals surface area contributed by atoms with Crippen molar-refractivity contribution in [2.75, 3.05) is 0 Å². The van der Waals surface area contributed by atoms with E-state index in [2.05, 4.69) is 112 Å². The predicted molar refractivity (Wildman–Crippen MR) is 121 cm³/mol. The lowest BCUT2D eigenvalue weighted by molar-refractivity contribution is 0.228. The van der Waals surface area contributed by atoms with Crippen molar-refractivity contribution in [3.63, 3.8) is 0 Å². The van der Waals surface area contributed by atoms with Crippen LogP contribution >= 0.6 is 19.9 Å². The van der Waals surface area contributed by atoms with Gasteiger partial charge in [-0.15, -0.1) is 11.8 Å². The first-order chi connectivity index (χ1) is 13.1. The third kappa shape index (κ3) is 5.69. The highest BCUT2D eigenvalue weighted by atomic mass is 32.2. The summed E-state index contributed by atoms with van der Waals surface area (Å²) >= 11 is 1.92. The minimum atomic E-state index is -0.835. The average Bonchev–Trinajstić information content (AvgIpc) is 2.72. The van der Waals surface area contributed by atoms with E-state index in [0.717, 1.165) is 0 Å². The minimum absolute atomic E-state index is 0.140. The Hall–Kier alpha value is -1.60. The Balaban J connectivity index is 1.83. The fourth-order valence-electron chi connectivity index (χ4n) is 3.05. The zero-order chi connectivity index (χ0) is 19.1. The molecule has 140 valence electrons. The van der Waals surface area contributed by atoms with Crippen LogP contribution < -0.4 is 10.6 Å². The van der Waals surface area contributed by atoms with Crippen LogP contribution in [-0.4, -0.2) is 11.4 Å². The molecule has 2 atom stereocenters. The van der Waals surface area contributed by atoms with Gasteiger partial charge >= 0.3 is 0 Å². The Morgan fingerprint density at radius 2 is 1.11 bits per heavy atom. The average molecular weight is 395 g/mol. The van der Waals surface area contributed by atoms with Gasteiger partial charge in [-0.3, -0.25) is 0 Å². The molecule has 0 bridgehead atoms. The number of thioether (sulfide) groups is 1. The summed E-state index contributed by atoms with van der Waals surface area (Å²) in [5.41, 5.74) is 0. The van der Waals surface area contributed by atoms with Gasteiger partial charge in [0.05, 0.1) is 14.3 Å². The maximum atomic E-state index is 6.76. The summed E-state index contributed by atoms with van der Waals surface area (Å²) in [6, 6.07) is 31.9. The second-order valence-electron chi connectivity index (χ2n) is 6.92. The summed E-state index contributed by atoms with van der Waals surface area (Å²) < 4.78 is 6.76. The molecule has 3 heteroatoms. The highest BCUT2D eigenvalue weighted by Gasteiger charge is 2.27. The van der Waals surface area contributed by atoms with Gasteiger partial charge in [0.2, 0.25) is 0 Å². The topological polar surface area (TPSA) is 9.23 Å². The Bertz CT molecular complexity index is 753. The van der Waals surface area contributed by atoms with Crippen molar-refractivity contribution in [3.05, 3.63) is 91.0 Å².